The van der Waals surface area contributed by atoms with Crippen LogP contribution in [0.25, 0.3) is 0 Å². The molecule has 5 nitrogen and oxygen atoms in total. The van der Waals surface area contributed by atoms with Gasteiger partial charge in [-0.05, 0) is 20.8 Å². The van der Waals surface area contributed by atoms with Crippen LogP contribution in [0, 0.1) is 0 Å². The molecule has 2 heterocycles. The number of hydrogen-bond acceptors (Lipinski definition) is 4. The summed E-state index contributed by atoms with van der Waals surface area (Å²) < 4.78 is 5.34. The molecule has 1 aliphatic heterocycles. The number of rotatable bonds is 0. The second kappa shape index (κ2) is 5.99. The molecule has 0 saturated carbocycles. The van der Waals surface area contributed by atoms with E-state index in [1.165, 1.54) is 0 Å². The van der Waals surface area contributed by atoms with Gasteiger partial charge in [-0.1, -0.05) is 0 Å². The van der Waals surface area contributed by atoms with Crippen molar-refractivity contribution in [3.8, 4) is 0 Å². The Morgan fingerprint density at radius 1 is 1.44 bits per heavy atom. The molecule has 0 saturated heterocycles. The predicted octanol–water partition coefficient (Wildman–Crippen LogP) is 1.12. The fraction of sp³-hybridized carbons (Fsp3) is 0.583. The molecular weight excluding hydrogens is 241 g/mol. The number of amides is 1. The Hall–Kier alpha value is -0.650. The second-order valence-electron chi connectivity index (χ2n) is 5.15. The molecule has 1 aromatic rings. The normalized spacial score (nSPS) is 14.5. The fourth-order valence-electron chi connectivity index (χ4n) is 1.75. The van der Waals surface area contributed by atoms with Gasteiger partial charge in [0.1, 0.15) is 11.9 Å². The Kier molecular flexibility index (Phi) is 5.13. The van der Waals surface area contributed by atoms with Gasteiger partial charge >= 0.3 is 35.7 Å². The van der Waals surface area contributed by atoms with Gasteiger partial charge in [0.2, 0.25) is 0 Å². The van der Waals surface area contributed by atoms with Crippen molar-refractivity contribution in [1.82, 2.24) is 14.9 Å². The average molecular weight is 259 g/mol. The quantitative estimate of drug-likeness (QED) is 0.655. The summed E-state index contributed by atoms with van der Waals surface area (Å²) in [5.41, 5.74) is 1.58. The van der Waals surface area contributed by atoms with Gasteiger partial charge < -0.3 is 9.64 Å². The molecule has 0 aliphatic carbocycles. The van der Waals surface area contributed by atoms with Gasteiger partial charge in [-0.15, -0.1) is 0 Å². The summed E-state index contributed by atoms with van der Waals surface area (Å²) in [6, 6.07) is 0. The molecule has 6 heteroatoms. The van der Waals surface area contributed by atoms with Crippen molar-refractivity contribution in [2.75, 3.05) is 6.54 Å². The third-order valence-electron chi connectivity index (χ3n) is 2.51. The number of fused-ring (bicyclic) bond motifs is 1. The van der Waals surface area contributed by atoms with E-state index in [0.29, 0.717) is 13.1 Å². The van der Waals surface area contributed by atoms with Crippen LogP contribution in [0.1, 0.15) is 32.0 Å². The molecule has 0 bridgehead atoms. The van der Waals surface area contributed by atoms with E-state index in [-0.39, 0.29) is 35.7 Å². The zero-order valence-electron chi connectivity index (χ0n) is 10.4. The predicted molar refractivity (Wildman–Crippen MR) is 69.5 cm³/mol. The van der Waals surface area contributed by atoms with Gasteiger partial charge in [0.05, 0.1) is 12.2 Å². The first-order valence-electron chi connectivity index (χ1n) is 5.71. The molecule has 0 fully saturated rings. The Morgan fingerprint density at radius 2 is 2.17 bits per heavy atom. The monoisotopic (exact) mass is 259 g/mol. The zero-order chi connectivity index (χ0) is 12.5. The van der Waals surface area contributed by atoms with Crippen molar-refractivity contribution >= 4 is 35.7 Å². The summed E-state index contributed by atoms with van der Waals surface area (Å²) in [6.45, 7) is 6.79. The van der Waals surface area contributed by atoms with Gasteiger partial charge in [0, 0.05) is 24.7 Å². The SMILES string of the molecule is CC(C)(C)OC(=O)N1CCc2ncncc2C1.[NaH]. The van der Waals surface area contributed by atoms with E-state index in [9.17, 15) is 4.79 Å². The summed E-state index contributed by atoms with van der Waals surface area (Å²) >= 11 is 0. The zero-order valence-corrected chi connectivity index (χ0v) is 10.4. The van der Waals surface area contributed by atoms with Crippen LogP contribution in [-0.4, -0.2) is 62.7 Å². The average Bonchev–Trinajstić information content (AvgIpc) is 2.26. The molecule has 0 radical (unpaired) electrons. The van der Waals surface area contributed by atoms with Crippen LogP contribution in [0.2, 0.25) is 0 Å². The molecule has 18 heavy (non-hydrogen) atoms. The van der Waals surface area contributed by atoms with E-state index < -0.39 is 5.60 Å². The number of ether oxygens (including phenoxy) is 1. The van der Waals surface area contributed by atoms with Crippen LogP contribution in [0.4, 0.5) is 4.79 Å². The van der Waals surface area contributed by atoms with Crippen LogP contribution in [0.5, 0.6) is 0 Å². The van der Waals surface area contributed by atoms with E-state index in [2.05, 4.69) is 9.97 Å². The van der Waals surface area contributed by atoms with E-state index in [4.69, 9.17) is 4.74 Å². The minimum absolute atomic E-state index is 0. The topological polar surface area (TPSA) is 55.3 Å². The Bertz CT molecular complexity index is 432. The van der Waals surface area contributed by atoms with Crippen molar-refractivity contribution in [1.29, 1.82) is 0 Å². The van der Waals surface area contributed by atoms with E-state index in [1.54, 1.807) is 17.4 Å². The van der Waals surface area contributed by atoms with Gasteiger partial charge in [-0.2, -0.15) is 0 Å². The second-order valence-corrected chi connectivity index (χ2v) is 5.15. The van der Waals surface area contributed by atoms with Crippen LogP contribution < -0.4 is 0 Å². The van der Waals surface area contributed by atoms with E-state index >= 15 is 0 Å². The Morgan fingerprint density at radius 3 is 2.83 bits per heavy atom. The molecule has 0 spiro atoms. The number of nitrogens with zero attached hydrogens (tertiary/aromatic N) is 3. The van der Waals surface area contributed by atoms with Crippen LogP contribution >= 0.6 is 0 Å². The molecule has 94 valence electrons. The third-order valence-corrected chi connectivity index (χ3v) is 2.51. The molecule has 0 unspecified atom stereocenters. The molecule has 2 rings (SSSR count). The van der Waals surface area contributed by atoms with Crippen LogP contribution in [-0.2, 0) is 17.7 Å². The maximum absolute atomic E-state index is 11.9. The van der Waals surface area contributed by atoms with Crippen molar-refractivity contribution < 1.29 is 9.53 Å². The van der Waals surface area contributed by atoms with Crippen LogP contribution in [0.15, 0.2) is 12.5 Å². The third kappa shape index (κ3) is 3.93. The first kappa shape index (κ1) is 15.4. The number of carbonyl (C=O) groups is 1. The van der Waals surface area contributed by atoms with Gasteiger partial charge in [0.25, 0.3) is 0 Å². The number of hydrogen-bond donors (Lipinski definition) is 0. The number of carbonyl (C=O) groups excluding carboxylic acids is 1. The van der Waals surface area contributed by atoms with Crippen molar-refractivity contribution in [2.24, 2.45) is 0 Å². The molecular formula is C12H18N3NaO2. The first-order valence-corrected chi connectivity index (χ1v) is 5.71. The molecule has 1 aliphatic rings. The molecule has 0 aromatic carbocycles. The summed E-state index contributed by atoms with van der Waals surface area (Å²) in [4.78, 5) is 21.8. The van der Waals surface area contributed by atoms with E-state index in [1.807, 2.05) is 20.8 Å². The standard InChI is InChI=1S/C12H17N3O2.Na.H/c1-12(2,3)17-11(16)15-5-4-10-9(7-15)6-13-8-14-10;;/h6,8H,4-5,7H2,1-3H3;;. The number of aromatic nitrogens is 2. The Labute approximate surface area is 129 Å². The first-order chi connectivity index (χ1) is 7.96. The molecule has 0 atom stereocenters. The van der Waals surface area contributed by atoms with Crippen molar-refractivity contribution in [2.45, 2.75) is 39.3 Å². The summed E-state index contributed by atoms with van der Waals surface area (Å²) in [7, 11) is 0. The summed E-state index contributed by atoms with van der Waals surface area (Å²) in [5.74, 6) is 0. The van der Waals surface area contributed by atoms with Gasteiger partial charge in [-0.3, -0.25) is 0 Å². The molecule has 0 N–H and O–H groups in total. The molecule has 1 aromatic heterocycles. The maximum atomic E-state index is 11.9. The summed E-state index contributed by atoms with van der Waals surface area (Å²) in [6.07, 6.45) is 3.80. The van der Waals surface area contributed by atoms with E-state index in [0.717, 1.165) is 17.7 Å². The van der Waals surface area contributed by atoms with Gasteiger partial charge in [0.15, 0.2) is 0 Å². The van der Waals surface area contributed by atoms with Crippen LogP contribution in [0.3, 0.4) is 0 Å². The van der Waals surface area contributed by atoms with Gasteiger partial charge in [-0.25, -0.2) is 14.8 Å². The summed E-state index contributed by atoms with van der Waals surface area (Å²) in [5, 5.41) is 0. The minimum atomic E-state index is -0.454. The van der Waals surface area contributed by atoms with Crippen molar-refractivity contribution in [3.63, 3.8) is 0 Å². The molecule has 1 amide bonds. The fourth-order valence-corrected chi connectivity index (χ4v) is 1.75. The van der Waals surface area contributed by atoms with Crippen molar-refractivity contribution in [3.05, 3.63) is 23.8 Å². The Balaban J connectivity index is 0.00000162.